The molecule has 2 nitrogen and oxygen atoms in total. The first kappa shape index (κ1) is 21.4. The lowest BCUT2D eigenvalue weighted by atomic mass is 10.00. The molecule has 0 amide bonds. The van der Waals surface area contributed by atoms with Crippen LogP contribution in [0.2, 0.25) is 0 Å². The Hall–Kier alpha value is -2.85. The first-order chi connectivity index (χ1) is 15.1. The molecule has 0 aliphatic rings. The SMILES string of the molecule is OC(Cc1ccccc1)(SC(O)(Cc1ccccc1)c1ccccc1)c1ccccc1. The molecule has 0 heterocycles. The second-order valence-electron chi connectivity index (χ2n) is 7.73. The zero-order valence-corrected chi connectivity index (χ0v) is 18.1. The Balaban J connectivity index is 1.77. The van der Waals surface area contributed by atoms with Gasteiger partial charge < -0.3 is 10.2 Å². The van der Waals surface area contributed by atoms with E-state index in [1.807, 2.05) is 121 Å². The van der Waals surface area contributed by atoms with Crippen molar-refractivity contribution >= 4 is 11.8 Å². The maximum Gasteiger partial charge on any atom is 0.143 e. The molecule has 0 saturated heterocycles. The van der Waals surface area contributed by atoms with Gasteiger partial charge in [-0.1, -0.05) is 133 Å². The Labute approximate surface area is 188 Å². The number of benzene rings is 4. The van der Waals surface area contributed by atoms with Crippen LogP contribution in [0.4, 0.5) is 0 Å². The van der Waals surface area contributed by atoms with E-state index >= 15 is 0 Å². The van der Waals surface area contributed by atoms with Gasteiger partial charge in [-0.3, -0.25) is 0 Å². The molecule has 0 fully saturated rings. The maximum atomic E-state index is 12.0. The zero-order valence-electron chi connectivity index (χ0n) is 17.3. The third kappa shape index (κ3) is 5.26. The molecule has 0 aromatic heterocycles. The van der Waals surface area contributed by atoms with Gasteiger partial charge in [0.1, 0.15) is 9.87 Å². The summed E-state index contributed by atoms with van der Waals surface area (Å²) in [6, 6.07) is 39.1. The van der Waals surface area contributed by atoms with Crippen LogP contribution in [0.3, 0.4) is 0 Å². The van der Waals surface area contributed by atoms with Crippen LogP contribution in [0.25, 0.3) is 0 Å². The Bertz CT molecular complexity index is 982. The van der Waals surface area contributed by atoms with Gasteiger partial charge in [0.2, 0.25) is 0 Å². The molecule has 0 saturated carbocycles. The van der Waals surface area contributed by atoms with Crippen molar-refractivity contribution < 1.29 is 10.2 Å². The van der Waals surface area contributed by atoms with Gasteiger partial charge in [0.05, 0.1) is 0 Å². The fourth-order valence-corrected chi connectivity index (χ4v) is 5.36. The predicted octanol–water partition coefficient (Wildman–Crippen LogP) is 5.90. The largest absolute Gasteiger partial charge is 0.375 e. The van der Waals surface area contributed by atoms with Crippen LogP contribution in [-0.2, 0) is 22.7 Å². The predicted molar refractivity (Wildman–Crippen MR) is 129 cm³/mol. The molecule has 0 aliphatic heterocycles. The topological polar surface area (TPSA) is 40.5 Å². The van der Waals surface area contributed by atoms with Crippen molar-refractivity contribution in [3.8, 4) is 0 Å². The molecule has 4 aromatic rings. The fraction of sp³-hybridized carbons (Fsp3) is 0.143. The summed E-state index contributed by atoms with van der Waals surface area (Å²) in [6.07, 6.45) is 0.763. The van der Waals surface area contributed by atoms with Crippen LogP contribution in [0.15, 0.2) is 121 Å². The van der Waals surface area contributed by atoms with E-state index in [1.165, 1.54) is 11.8 Å². The number of rotatable bonds is 8. The van der Waals surface area contributed by atoms with E-state index in [-0.39, 0.29) is 0 Å². The molecular formula is C28H26O2S. The Kier molecular flexibility index (Phi) is 6.57. The molecule has 4 aromatic carbocycles. The van der Waals surface area contributed by atoms with Gasteiger partial charge in [0.25, 0.3) is 0 Å². The summed E-state index contributed by atoms with van der Waals surface area (Å²) in [4.78, 5) is -2.63. The van der Waals surface area contributed by atoms with Gasteiger partial charge in [0, 0.05) is 12.8 Å². The minimum Gasteiger partial charge on any atom is -0.375 e. The summed E-state index contributed by atoms with van der Waals surface area (Å²) in [7, 11) is 0. The Morgan fingerprint density at radius 1 is 0.452 bits per heavy atom. The highest BCUT2D eigenvalue weighted by atomic mass is 32.2. The Morgan fingerprint density at radius 3 is 1.06 bits per heavy atom. The highest BCUT2D eigenvalue weighted by Crippen LogP contribution is 2.49. The van der Waals surface area contributed by atoms with Crippen LogP contribution in [0.5, 0.6) is 0 Å². The molecule has 0 aliphatic carbocycles. The summed E-state index contributed by atoms with van der Waals surface area (Å²) >= 11 is 1.20. The van der Waals surface area contributed by atoms with E-state index in [0.29, 0.717) is 12.8 Å². The summed E-state index contributed by atoms with van der Waals surface area (Å²) in [5.74, 6) is 0. The molecule has 3 heteroatoms. The summed E-state index contributed by atoms with van der Waals surface area (Å²) < 4.78 is 0. The highest BCUT2D eigenvalue weighted by molar-refractivity contribution is 8.00. The van der Waals surface area contributed by atoms with Gasteiger partial charge in [-0.15, -0.1) is 0 Å². The molecule has 0 spiro atoms. The van der Waals surface area contributed by atoms with Crippen molar-refractivity contribution in [2.45, 2.75) is 22.7 Å². The lowest BCUT2D eigenvalue weighted by Gasteiger charge is -2.38. The lowest BCUT2D eigenvalue weighted by molar-refractivity contribution is 0.102. The molecule has 0 bridgehead atoms. The highest BCUT2D eigenvalue weighted by Gasteiger charge is 2.42. The summed E-state index contributed by atoms with van der Waals surface area (Å²) in [5, 5.41) is 24.0. The van der Waals surface area contributed by atoms with E-state index in [0.717, 1.165) is 22.3 Å². The van der Waals surface area contributed by atoms with E-state index in [1.54, 1.807) is 0 Å². The van der Waals surface area contributed by atoms with E-state index in [4.69, 9.17) is 0 Å². The normalized spacial score (nSPS) is 15.0. The van der Waals surface area contributed by atoms with Gasteiger partial charge in [-0.2, -0.15) is 0 Å². The third-order valence-corrected chi connectivity index (χ3v) is 6.80. The van der Waals surface area contributed by atoms with Crippen LogP contribution in [0.1, 0.15) is 22.3 Å². The molecule has 2 N–H and O–H groups in total. The van der Waals surface area contributed by atoms with Gasteiger partial charge in [-0.25, -0.2) is 0 Å². The lowest BCUT2D eigenvalue weighted by Crippen LogP contribution is -2.35. The van der Waals surface area contributed by atoms with Gasteiger partial charge in [-0.05, 0) is 22.3 Å². The van der Waals surface area contributed by atoms with Gasteiger partial charge in [0.15, 0.2) is 0 Å². The maximum absolute atomic E-state index is 12.0. The number of aliphatic hydroxyl groups is 2. The molecule has 0 radical (unpaired) electrons. The van der Waals surface area contributed by atoms with Crippen LogP contribution < -0.4 is 0 Å². The third-order valence-electron chi connectivity index (χ3n) is 5.36. The molecule has 4 rings (SSSR count). The van der Waals surface area contributed by atoms with Crippen molar-refractivity contribution in [2.24, 2.45) is 0 Å². The number of hydrogen-bond donors (Lipinski definition) is 2. The summed E-state index contributed by atoms with van der Waals surface area (Å²) in [5.41, 5.74) is 3.56. The molecule has 2 unspecified atom stereocenters. The molecular weight excluding hydrogens is 400 g/mol. The second-order valence-corrected chi connectivity index (χ2v) is 9.28. The first-order valence-electron chi connectivity index (χ1n) is 10.4. The van der Waals surface area contributed by atoms with E-state index in [2.05, 4.69) is 0 Å². The van der Waals surface area contributed by atoms with E-state index < -0.39 is 9.87 Å². The average Bonchev–Trinajstić information content (AvgIpc) is 2.81. The molecule has 31 heavy (non-hydrogen) atoms. The van der Waals surface area contributed by atoms with E-state index in [9.17, 15) is 10.2 Å². The monoisotopic (exact) mass is 426 g/mol. The van der Waals surface area contributed by atoms with Crippen molar-refractivity contribution in [3.05, 3.63) is 144 Å². The standard InChI is InChI=1S/C28H26O2S/c29-27(25-17-9-3-10-18-25,21-23-13-5-1-6-14-23)31-28(30,26-19-11-4-12-20-26)22-24-15-7-2-8-16-24/h1-20,29-30H,21-22H2. The van der Waals surface area contributed by atoms with Crippen LogP contribution in [-0.4, -0.2) is 10.2 Å². The van der Waals surface area contributed by atoms with Crippen molar-refractivity contribution in [2.75, 3.05) is 0 Å². The molecule has 156 valence electrons. The fourth-order valence-electron chi connectivity index (χ4n) is 3.82. The van der Waals surface area contributed by atoms with Crippen LogP contribution in [0, 0.1) is 0 Å². The Morgan fingerprint density at radius 2 is 0.742 bits per heavy atom. The van der Waals surface area contributed by atoms with Crippen molar-refractivity contribution in [1.82, 2.24) is 0 Å². The molecule has 2 atom stereocenters. The first-order valence-corrected chi connectivity index (χ1v) is 11.2. The minimum atomic E-state index is -1.32. The summed E-state index contributed by atoms with van der Waals surface area (Å²) in [6.45, 7) is 0. The number of thioether (sulfide) groups is 1. The minimum absolute atomic E-state index is 0.381. The average molecular weight is 427 g/mol. The second kappa shape index (κ2) is 9.52. The smallest absolute Gasteiger partial charge is 0.143 e. The van der Waals surface area contributed by atoms with Crippen molar-refractivity contribution in [1.29, 1.82) is 0 Å². The van der Waals surface area contributed by atoms with Crippen LogP contribution >= 0.6 is 11.8 Å². The van der Waals surface area contributed by atoms with Crippen molar-refractivity contribution in [3.63, 3.8) is 0 Å². The number of hydrogen-bond acceptors (Lipinski definition) is 3. The zero-order chi connectivity index (χ0) is 21.6. The van der Waals surface area contributed by atoms with Gasteiger partial charge >= 0.3 is 0 Å². The quantitative estimate of drug-likeness (QED) is 0.345.